The zero-order valence-corrected chi connectivity index (χ0v) is 37.1. The van der Waals surface area contributed by atoms with Gasteiger partial charge in [-0.25, -0.2) is 0 Å². The molecule has 4 saturated carbocycles. The van der Waals surface area contributed by atoms with E-state index in [1.54, 1.807) is 53.4 Å². The highest BCUT2D eigenvalue weighted by Crippen LogP contribution is 2.68. The SMILES string of the molecule is CC(C)N1CC(=O)Nc2ccc(cc2)Oc2ccc(cc2)NC(=O)CN(C(C)C)C(=O)CO/N=C2/C[C@@H]3C[C@H](O)CC[C@]3(C)[C@H]3C[C@H](O)[C@]4(C)[C@H](CC[C@H]4[C@H]23)[C@H](C)CCC1=O. The molecule has 0 radical (unpaired) electrons. The van der Waals surface area contributed by atoms with Crippen LogP contribution in [0.4, 0.5) is 11.4 Å². The molecule has 3 heterocycles. The molecule has 8 bridgehead atoms. The molecular formula is C48H67N5O8. The Hall–Kier alpha value is -4.49. The van der Waals surface area contributed by atoms with Gasteiger partial charge in [-0.05, 0) is 163 Å². The van der Waals surface area contributed by atoms with Crippen LogP contribution in [0, 0.1) is 46.3 Å². The van der Waals surface area contributed by atoms with Crippen LogP contribution in [0.2, 0.25) is 0 Å². The molecule has 10 atom stereocenters. The fourth-order valence-electron chi connectivity index (χ4n) is 12.1. The van der Waals surface area contributed by atoms with E-state index in [-0.39, 0.29) is 102 Å². The Morgan fingerprint density at radius 3 is 1.87 bits per heavy atom. The number of aliphatic hydroxyl groups excluding tert-OH is 2. The Labute approximate surface area is 361 Å². The third-order valence-corrected chi connectivity index (χ3v) is 15.5. The van der Waals surface area contributed by atoms with Crippen LogP contribution in [0.1, 0.15) is 106 Å². The van der Waals surface area contributed by atoms with Gasteiger partial charge < -0.3 is 40.2 Å². The summed E-state index contributed by atoms with van der Waals surface area (Å²) in [5.41, 5.74) is 1.51. The molecule has 3 aliphatic heterocycles. The van der Waals surface area contributed by atoms with Gasteiger partial charge in [0.2, 0.25) is 17.7 Å². The molecule has 332 valence electrons. The van der Waals surface area contributed by atoms with Gasteiger partial charge in [0.25, 0.3) is 5.91 Å². The number of rotatable bonds is 2. The van der Waals surface area contributed by atoms with Gasteiger partial charge in [0.05, 0.1) is 17.9 Å². The Kier molecular flexibility index (Phi) is 13.2. The minimum absolute atomic E-state index is 0.0362. The highest BCUT2D eigenvalue weighted by Gasteiger charge is 2.65. The van der Waals surface area contributed by atoms with Crippen LogP contribution < -0.4 is 15.4 Å². The van der Waals surface area contributed by atoms with Crippen LogP contribution in [0.3, 0.4) is 0 Å². The van der Waals surface area contributed by atoms with Crippen LogP contribution in [-0.2, 0) is 24.0 Å². The van der Waals surface area contributed by atoms with Gasteiger partial charge in [-0.3, -0.25) is 19.2 Å². The normalized spacial score (nSPS) is 35.2. The van der Waals surface area contributed by atoms with Gasteiger partial charge in [-0.1, -0.05) is 25.9 Å². The van der Waals surface area contributed by atoms with Gasteiger partial charge in [0.15, 0.2) is 6.61 Å². The smallest absolute Gasteiger partial charge is 0.264 e. The van der Waals surface area contributed by atoms with Crippen molar-refractivity contribution in [2.75, 3.05) is 30.3 Å². The third kappa shape index (κ3) is 9.19. The summed E-state index contributed by atoms with van der Waals surface area (Å²) in [6.45, 7) is 13.8. The lowest BCUT2D eigenvalue weighted by Gasteiger charge is -2.62. The van der Waals surface area contributed by atoms with Crippen LogP contribution >= 0.6 is 0 Å². The van der Waals surface area contributed by atoms with E-state index in [0.717, 1.165) is 31.4 Å². The number of oxime groups is 1. The molecule has 13 heteroatoms. The number of benzene rings is 2. The molecule has 13 nitrogen and oxygen atoms in total. The number of carbonyl (C=O) groups is 4. The fraction of sp³-hybridized carbons (Fsp3) is 0.646. The average molecular weight is 842 g/mol. The second-order valence-corrected chi connectivity index (χ2v) is 19.7. The second-order valence-electron chi connectivity index (χ2n) is 19.7. The molecular weight excluding hydrogens is 775 g/mol. The van der Waals surface area contributed by atoms with Crippen molar-refractivity contribution < 1.29 is 39.0 Å². The predicted octanol–water partition coefficient (Wildman–Crippen LogP) is 7.23. The first kappa shape index (κ1) is 44.6. The molecule has 7 aliphatic rings. The van der Waals surface area contributed by atoms with E-state index in [1.165, 1.54) is 4.90 Å². The Bertz CT molecular complexity index is 1950. The number of anilines is 2. The average Bonchev–Trinajstić information content (AvgIpc) is 3.58. The van der Waals surface area contributed by atoms with Gasteiger partial charge in [0, 0.05) is 41.2 Å². The van der Waals surface area contributed by atoms with Crippen molar-refractivity contribution in [2.24, 2.45) is 51.5 Å². The van der Waals surface area contributed by atoms with Crippen molar-refractivity contribution in [2.45, 2.75) is 131 Å². The van der Waals surface area contributed by atoms with Crippen LogP contribution in [0.15, 0.2) is 53.7 Å². The summed E-state index contributed by atoms with van der Waals surface area (Å²) in [6, 6.07) is 13.4. The zero-order chi connectivity index (χ0) is 43.8. The number of fused-ring (bicyclic) bond motifs is 4. The number of amides is 4. The molecule has 4 fully saturated rings. The van der Waals surface area contributed by atoms with E-state index in [9.17, 15) is 29.4 Å². The number of nitrogens with zero attached hydrogens (tertiary/aromatic N) is 3. The van der Waals surface area contributed by atoms with Crippen LogP contribution in [0.25, 0.3) is 0 Å². The summed E-state index contributed by atoms with van der Waals surface area (Å²) in [5.74, 6) is 0.791. The first-order chi connectivity index (χ1) is 29.0. The van der Waals surface area contributed by atoms with Crippen LogP contribution in [0.5, 0.6) is 11.5 Å². The van der Waals surface area contributed by atoms with E-state index in [2.05, 4.69) is 31.4 Å². The number of aliphatic hydroxyl groups is 2. The molecule has 61 heavy (non-hydrogen) atoms. The Balaban J connectivity index is 1.17. The molecule has 4 N–H and O–H groups in total. The van der Waals surface area contributed by atoms with Gasteiger partial charge >= 0.3 is 0 Å². The van der Waals surface area contributed by atoms with Crippen LogP contribution in [-0.4, -0.2) is 93.3 Å². The highest BCUT2D eigenvalue weighted by molar-refractivity contribution is 5.95. The monoisotopic (exact) mass is 841 g/mol. The van der Waals surface area contributed by atoms with Crippen molar-refractivity contribution in [3.05, 3.63) is 48.5 Å². The number of ether oxygens (including phenoxy) is 1. The number of hydrogen-bond acceptors (Lipinski definition) is 9. The second kappa shape index (κ2) is 18.1. The summed E-state index contributed by atoms with van der Waals surface area (Å²) in [4.78, 5) is 63.2. The minimum Gasteiger partial charge on any atom is -0.457 e. The maximum absolute atomic E-state index is 13.8. The van der Waals surface area contributed by atoms with E-state index in [1.807, 2.05) is 27.7 Å². The lowest BCUT2D eigenvalue weighted by molar-refractivity contribution is -0.149. The quantitative estimate of drug-likeness (QED) is 0.246. The van der Waals surface area contributed by atoms with Crippen molar-refractivity contribution in [1.82, 2.24) is 9.80 Å². The van der Waals surface area contributed by atoms with Gasteiger partial charge in [-0.15, -0.1) is 0 Å². The molecule has 0 saturated heterocycles. The topological polar surface area (TPSA) is 170 Å². The molecule has 0 aromatic heterocycles. The fourth-order valence-corrected chi connectivity index (χ4v) is 12.1. The third-order valence-electron chi connectivity index (χ3n) is 15.5. The van der Waals surface area contributed by atoms with Gasteiger partial charge in [0.1, 0.15) is 24.6 Å². The largest absolute Gasteiger partial charge is 0.457 e. The Morgan fingerprint density at radius 2 is 1.30 bits per heavy atom. The van der Waals surface area contributed by atoms with Crippen molar-refractivity contribution >= 4 is 40.7 Å². The summed E-state index contributed by atoms with van der Waals surface area (Å²) in [7, 11) is 0. The predicted molar refractivity (Wildman–Crippen MR) is 234 cm³/mol. The number of hydrogen-bond donors (Lipinski definition) is 4. The van der Waals surface area contributed by atoms with E-state index in [4.69, 9.17) is 14.7 Å². The number of carbonyl (C=O) groups excluding carboxylic acids is 4. The molecule has 2 aromatic carbocycles. The molecule has 2 aromatic rings. The maximum atomic E-state index is 13.8. The highest BCUT2D eigenvalue weighted by atomic mass is 16.6. The Morgan fingerprint density at radius 1 is 0.738 bits per heavy atom. The van der Waals surface area contributed by atoms with E-state index < -0.39 is 11.5 Å². The van der Waals surface area contributed by atoms with E-state index >= 15 is 0 Å². The molecule has 0 spiro atoms. The molecule has 0 unspecified atom stereocenters. The molecule has 4 aliphatic carbocycles. The summed E-state index contributed by atoms with van der Waals surface area (Å²) in [6.07, 6.45) is 5.37. The zero-order valence-electron chi connectivity index (χ0n) is 37.1. The first-order valence-electron chi connectivity index (χ1n) is 22.6. The lowest BCUT2D eigenvalue weighted by Crippen LogP contribution is -2.61. The van der Waals surface area contributed by atoms with Gasteiger partial charge in [-0.2, -0.15) is 0 Å². The van der Waals surface area contributed by atoms with Crippen molar-refractivity contribution in [3.63, 3.8) is 0 Å². The van der Waals surface area contributed by atoms with Crippen molar-refractivity contribution in [3.8, 4) is 11.5 Å². The summed E-state index contributed by atoms with van der Waals surface area (Å²) >= 11 is 0. The lowest BCUT2D eigenvalue weighted by atomic mass is 9.43. The summed E-state index contributed by atoms with van der Waals surface area (Å²) in [5, 5.41) is 33.7. The van der Waals surface area contributed by atoms with E-state index in [0.29, 0.717) is 55.0 Å². The standard InChI is InChI=1S/C48H67N5O8/c1-28(2)52-25-42(56)49-32-9-13-35(14-10-32)61-36-15-11-33(12-16-36)50-43(57)26-53(29(3)4)45(59)27-60-51-40-23-31-22-34(54)20-21-47(31,6)39-24-41(55)48(7)37(17-18-38(48)46(39)40)30(5)8-19-44(52)58/h9-16,28-31,34,37-39,41,46,54-55H,8,17-27H2,1-7H3,(H,49,56)(H,50,57)/b51-40-/t30-,31+,34-,37-,38+,39+,41+,46+,47+,48-/m1/s1. The first-order valence-corrected chi connectivity index (χ1v) is 22.6. The molecule has 4 amide bonds. The summed E-state index contributed by atoms with van der Waals surface area (Å²) < 4.78 is 6.00. The van der Waals surface area contributed by atoms with Crippen molar-refractivity contribution in [1.29, 1.82) is 0 Å². The molecule has 9 rings (SSSR count). The number of nitrogens with one attached hydrogen (secondary N) is 2. The minimum atomic E-state index is -0.551. The maximum Gasteiger partial charge on any atom is 0.264 e.